The summed E-state index contributed by atoms with van der Waals surface area (Å²) >= 11 is 0. The molecule has 0 aromatic heterocycles. The van der Waals surface area contributed by atoms with Crippen molar-refractivity contribution in [1.29, 1.82) is 0 Å². The van der Waals surface area contributed by atoms with Crippen LogP contribution < -0.4 is 5.32 Å². The Labute approximate surface area is 140 Å². The molecule has 5 nitrogen and oxygen atoms in total. The Morgan fingerprint density at radius 2 is 1.62 bits per heavy atom. The lowest BCUT2D eigenvalue weighted by Gasteiger charge is -2.22. The number of benzene rings is 2. The average Bonchev–Trinajstić information content (AvgIpc) is 2.54. The van der Waals surface area contributed by atoms with Crippen LogP contribution in [0.25, 0.3) is 11.1 Å². The van der Waals surface area contributed by atoms with E-state index in [2.05, 4.69) is 10.5 Å². The Bertz CT molecular complexity index is 876. The number of ketones is 1. The molecular formula is C19H18N2O3. The highest BCUT2D eigenvalue weighted by molar-refractivity contribution is 6.55. The van der Waals surface area contributed by atoms with Crippen molar-refractivity contribution in [3.8, 4) is 11.1 Å². The Balaban J connectivity index is 2.10. The predicted molar refractivity (Wildman–Crippen MR) is 92.6 cm³/mol. The molecule has 2 aromatic carbocycles. The van der Waals surface area contributed by atoms with E-state index in [1.54, 1.807) is 30.3 Å². The maximum absolute atomic E-state index is 12.6. The van der Waals surface area contributed by atoms with Crippen LogP contribution >= 0.6 is 0 Å². The Hall–Kier alpha value is -2.95. The number of fused-ring (bicyclic) bond motifs is 3. The van der Waals surface area contributed by atoms with Gasteiger partial charge in [-0.15, -0.1) is 0 Å². The summed E-state index contributed by atoms with van der Waals surface area (Å²) in [6.45, 7) is 5.45. The van der Waals surface area contributed by atoms with E-state index in [0.717, 1.165) is 11.1 Å². The smallest absolute Gasteiger partial charge is 0.229 e. The van der Waals surface area contributed by atoms with Gasteiger partial charge in [-0.1, -0.05) is 56.3 Å². The number of amides is 1. The standard InChI is InChI=1S/C19H18N2O3/c1-19(2,3)18(23)20-11-8-9-13-12-6-4-5-7-14(12)16(21-24)17(22)15(13)10-11/h4-10,24H,1-3H3,(H,20,23)/b21-16+. The van der Waals surface area contributed by atoms with E-state index in [1.165, 1.54) is 0 Å². The minimum atomic E-state index is -0.537. The number of anilines is 1. The zero-order chi connectivity index (χ0) is 17.5. The molecule has 24 heavy (non-hydrogen) atoms. The van der Waals surface area contributed by atoms with Gasteiger partial charge in [-0.3, -0.25) is 9.59 Å². The third-order valence-corrected chi connectivity index (χ3v) is 3.99. The maximum atomic E-state index is 12.6. The number of carbonyl (C=O) groups excluding carboxylic acids is 2. The molecule has 0 fully saturated rings. The number of rotatable bonds is 1. The van der Waals surface area contributed by atoms with Crippen LogP contribution in [0.5, 0.6) is 0 Å². The fourth-order valence-electron chi connectivity index (χ4n) is 2.64. The highest BCUT2D eigenvalue weighted by Gasteiger charge is 2.29. The third kappa shape index (κ3) is 2.58. The molecule has 0 saturated heterocycles. The van der Waals surface area contributed by atoms with E-state index in [4.69, 9.17) is 0 Å². The number of hydrogen-bond donors (Lipinski definition) is 2. The van der Waals surface area contributed by atoms with Crippen molar-refractivity contribution < 1.29 is 14.8 Å². The monoisotopic (exact) mass is 322 g/mol. The summed E-state index contributed by atoms with van der Waals surface area (Å²) in [7, 11) is 0. The fourth-order valence-corrected chi connectivity index (χ4v) is 2.64. The average molecular weight is 322 g/mol. The van der Waals surface area contributed by atoms with Crippen LogP contribution in [0.3, 0.4) is 0 Å². The number of oxime groups is 1. The van der Waals surface area contributed by atoms with Gasteiger partial charge >= 0.3 is 0 Å². The molecule has 2 N–H and O–H groups in total. The van der Waals surface area contributed by atoms with Crippen LogP contribution in [-0.4, -0.2) is 22.6 Å². The van der Waals surface area contributed by atoms with Gasteiger partial charge in [-0.2, -0.15) is 0 Å². The summed E-state index contributed by atoms with van der Waals surface area (Å²) in [5, 5.41) is 15.2. The SMILES string of the molecule is CC(C)(C)C(=O)Nc1ccc2c(c1)C(=O)/C(=N/O)c1ccccc1-2. The molecule has 5 heteroatoms. The minimum Gasteiger partial charge on any atom is -0.410 e. The van der Waals surface area contributed by atoms with E-state index in [9.17, 15) is 14.8 Å². The van der Waals surface area contributed by atoms with Gasteiger partial charge in [-0.25, -0.2) is 0 Å². The molecule has 0 heterocycles. The van der Waals surface area contributed by atoms with Gasteiger partial charge in [0.2, 0.25) is 11.7 Å². The van der Waals surface area contributed by atoms with Crippen LogP contribution in [-0.2, 0) is 4.79 Å². The molecular weight excluding hydrogens is 304 g/mol. The first-order valence-electron chi connectivity index (χ1n) is 7.65. The highest BCUT2D eigenvalue weighted by Crippen LogP contribution is 2.35. The van der Waals surface area contributed by atoms with Gasteiger partial charge in [0.15, 0.2) is 5.71 Å². The van der Waals surface area contributed by atoms with Crippen molar-refractivity contribution in [2.45, 2.75) is 20.8 Å². The van der Waals surface area contributed by atoms with Crippen molar-refractivity contribution in [1.82, 2.24) is 0 Å². The number of nitrogens with zero attached hydrogens (tertiary/aromatic N) is 1. The van der Waals surface area contributed by atoms with Crippen LogP contribution in [0.1, 0.15) is 36.7 Å². The van der Waals surface area contributed by atoms with E-state index in [0.29, 0.717) is 16.8 Å². The van der Waals surface area contributed by atoms with E-state index in [1.807, 2.05) is 32.9 Å². The Morgan fingerprint density at radius 3 is 2.25 bits per heavy atom. The van der Waals surface area contributed by atoms with Gasteiger partial charge in [-0.05, 0) is 23.3 Å². The minimum absolute atomic E-state index is 0.0115. The molecule has 0 spiro atoms. The van der Waals surface area contributed by atoms with Crippen LogP contribution in [0.4, 0.5) is 5.69 Å². The molecule has 0 bridgehead atoms. The second kappa shape index (κ2) is 5.60. The van der Waals surface area contributed by atoms with Crippen LogP contribution in [0.15, 0.2) is 47.6 Å². The molecule has 0 saturated carbocycles. The summed E-state index contributed by atoms with van der Waals surface area (Å²) in [6.07, 6.45) is 0. The third-order valence-electron chi connectivity index (χ3n) is 3.99. The quantitative estimate of drug-likeness (QED) is 0.620. The van der Waals surface area contributed by atoms with Crippen LogP contribution in [0, 0.1) is 5.41 Å². The topological polar surface area (TPSA) is 78.8 Å². The highest BCUT2D eigenvalue weighted by atomic mass is 16.4. The Kier molecular flexibility index (Phi) is 3.72. The lowest BCUT2D eigenvalue weighted by Crippen LogP contribution is -2.28. The van der Waals surface area contributed by atoms with Gasteiger partial charge in [0.05, 0.1) is 0 Å². The number of carbonyl (C=O) groups is 2. The zero-order valence-electron chi connectivity index (χ0n) is 13.8. The molecule has 1 amide bonds. The molecule has 0 atom stereocenters. The van der Waals surface area contributed by atoms with Crippen molar-refractivity contribution in [3.05, 3.63) is 53.6 Å². The lowest BCUT2D eigenvalue weighted by atomic mass is 9.83. The molecule has 0 aliphatic heterocycles. The molecule has 2 aromatic rings. The summed E-state index contributed by atoms with van der Waals surface area (Å²) in [6, 6.07) is 12.5. The second-order valence-electron chi connectivity index (χ2n) is 6.79. The molecule has 1 aliphatic carbocycles. The van der Waals surface area contributed by atoms with Gasteiger partial charge in [0, 0.05) is 22.2 Å². The fraction of sp³-hybridized carbons (Fsp3) is 0.211. The summed E-state index contributed by atoms with van der Waals surface area (Å²) in [5.41, 5.74) is 2.61. The zero-order valence-corrected chi connectivity index (χ0v) is 13.8. The first kappa shape index (κ1) is 15.9. The second-order valence-corrected chi connectivity index (χ2v) is 6.79. The molecule has 1 aliphatic rings. The normalized spacial score (nSPS) is 15.0. The molecule has 0 unspecified atom stereocenters. The van der Waals surface area contributed by atoms with Gasteiger partial charge < -0.3 is 10.5 Å². The van der Waals surface area contributed by atoms with E-state index < -0.39 is 5.41 Å². The summed E-state index contributed by atoms with van der Waals surface area (Å²) in [4.78, 5) is 24.8. The molecule has 122 valence electrons. The van der Waals surface area contributed by atoms with Crippen molar-refractivity contribution in [2.24, 2.45) is 10.6 Å². The lowest BCUT2D eigenvalue weighted by molar-refractivity contribution is -0.123. The van der Waals surface area contributed by atoms with Gasteiger partial charge in [0.1, 0.15) is 0 Å². The van der Waals surface area contributed by atoms with Crippen molar-refractivity contribution >= 4 is 23.1 Å². The van der Waals surface area contributed by atoms with Crippen LogP contribution in [0.2, 0.25) is 0 Å². The summed E-state index contributed by atoms with van der Waals surface area (Å²) < 4.78 is 0. The maximum Gasteiger partial charge on any atom is 0.229 e. The molecule has 0 radical (unpaired) electrons. The molecule has 3 rings (SSSR count). The van der Waals surface area contributed by atoms with E-state index in [-0.39, 0.29) is 17.4 Å². The first-order chi connectivity index (χ1) is 11.3. The largest absolute Gasteiger partial charge is 0.410 e. The van der Waals surface area contributed by atoms with Gasteiger partial charge in [0.25, 0.3) is 0 Å². The number of Topliss-reactive ketones (excluding diaryl/α,β-unsaturated/α-hetero) is 1. The van der Waals surface area contributed by atoms with Crippen molar-refractivity contribution in [3.63, 3.8) is 0 Å². The predicted octanol–water partition coefficient (Wildman–Crippen LogP) is 3.71. The number of nitrogens with one attached hydrogen (secondary N) is 1. The van der Waals surface area contributed by atoms with E-state index >= 15 is 0 Å². The van der Waals surface area contributed by atoms with Crippen molar-refractivity contribution in [2.75, 3.05) is 5.32 Å². The first-order valence-corrected chi connectivity index (χ1v) is 7.65. The Morgan fingerprint density at radius 1 is 1.00 bits per heavy atom. The number of hydrogen-bond acceptors (Lipinski definition) is 4. The summed E-state index contributed by atoms with van der Waals surface area (Å²) in [5.74, 6) is -0.500.